The van der Waals surface area contributed by atoms with Crippen LogP contribution in [0, 0.1) is 0 Å². The van der Waals surface area contributed by atoms with Crippen LogP contribution >= 0.6 is 0 Å². The van der Waals surface area contributed by atoms with Crippen LogP contribution in [-0.2, 0) is 13.0 Å². The minimum atomic E-state index is 0.152. The van der Waals surface area contributed by atoms with Gasteiger partial charge in [-0.3, -0.25) is 4.90 Å². The quantitative estimate of drug-likeness (QED) is 0.799. The maximum absolute atomic E-state index is 5.89. The van der Waals surface area contributed by atoms with Crippen LogP contribution in [-0.4, -0.2) is 18.0 Å². The molecule has 1 aromatic carbocycles. The molecule has 0 radical (unpaired) electrons. The number of fused-ring (bicyclic) bond motifs is 1. The number of nitrogens with zero attached hydrogens (tertiary/aromatic N) is 1. The number of hydrogen-bond acceptors (Lipinski definition) is 2. The van der Waals surface area contributed by atoms with Gasteiger partial charge in [-0.25, -0.2) is 0 Å². The maximum atomic E-state index is 5.89. The highest BCUT2D eigenvalue weighted by atomic mass is 15.1. The lowest BCUT2D eigenvalue weighted by molar-refractivity contribution is 0.268. The van der Waals surface area contributed by atoms with E-state index in [0.717, 1.165) is 13.1 Å². The molecule has 1 heterocycles. The van der Waals surface area contributed by atoms with Crippen LogP contribution in [0.25, 0.3) is 0 Å². The van der Waals surface area contributed by atoms with Crippen LogP contribution in [0.15, 0.2) is 18.2 Å². The summed E-state index contributed by atoms with van der Waals surface area (Å²) in [4.78, 5) is 2.48. The van der Waals surface area contributed by atoms with E-state index in [2.05, 4.69) is 30.0 Å². The zero-order valence-electron chi connectivity index (χ0n) is 9.66. The summed E-state index contributed by atoms with van der Waals surface area (Å²) in [5.74, 6) is 0. The number of rotatable bonds is 2. The predicted octanol–water partition coefficient (Wildman–Crippen LogP) is 2.08. The summed E-state index contributed by atoms with van der Waals surface area (Å²) in [5, 5.41) is 0. The maximum Gasteiger partial charge on any atom is 0.0266 e. The van der Waals surface area contributed by atoms with Crippen molar-refractivity contribution in [3.63, 3.8) is 0 Å². The van der Waals surface area contributed by atoms with E-state index < -0.39 is 0 Å². The second-order valence-corrected chi connectivity index (χ2v) is 4.44. The normalized spacial score (nSPS) is 18.6. The lowest BCUT2D eigenvalue weighted by Crippen LogP contribution is -2.30. The van der Waals surface area contributed by atoms with E-state index in [1.54, 1.807) is 0 Å². The summed E-state index contributed by atoms with van der Waals surface area (Å²) < 4.78 is 0. The molecule has 0 spiro atoms. The van der Waals surface area contributed by atoms with E-state index >= 15 is 0 Å². The van der Waals surface area contributed by atoms with Crippen molar-refractivity contribution in [1.29, 1.82) is 0 Å². The Morgan fingerprint density at radius 2 is 2.20 bits per heavy atom. The molecule has 0 aliphatic carbocycles. The van der Waals surface area contributed by atoms with Crippen molar-refractivity contribution in [3.05, 3.63) is 34.9 Å². The molecule has 1 aliphatic heterocycles. The second kappa shape index (κ2) is 4.33. The number of likely N-dealkylation sites (N-methyl/N-ethyl adjacent to an activating group) is 1. The first-order valence-electron chi connectivity index (χ1n) is 5.80. The highest BCUT2D eigenvalue weighted by molar-refractivity contribution is 5.34. The highest BCUT2D eigenvalue weighted by Gasteiger charge is 2.15. The summed E-state index contributed by atoms with van der Waals surface area (Å²) >= 11 is 0. The van der Waals surface area contributed by atoms with Gasteiger partial charge in [-0.1, -0.05) is 25.1 Å². The SMILES string of the molecule is CCN1CCc2cc(C(C)N)ccc2C1. The summed E-state index contributed by atoms with van der Waals surface area (Å²) in [5.41, 5.74) is 10.1. The third-order valence-electron chi connectivity index (χ3n) is 3.29. The van der Waals surface area contributed by atoms with Gasteiger partial charge in [0, 0.05) is 19.1 Å². The summed E-state index contributed by atoms with van der Waals surface area (Å²) in [7, 11) is 0. The van der Waals surface area contributed by atoms with Gasteiger partial charge >= 0.3 is 0 Å². The fourth-order valence-corrected chi connectivity index (χ4v) is 2.18. The molecule has 1 aliphatic rings. The predicted molar refractivity (Wildman–Crippen MR) is 63.7 cm³/mol. The van der Waals surface area contributed by atoms with Gasteiger partial charge in [0.2, 0.25) is 0 Å². The molecule has 2 nitrogen and oxygen atoms in total. The summed E-state index contributed by atoms with van der Waals surface area (Å²) in [6, 6.07) is 6.85. The molecule has 1 atom stereocenters. The molecule has 0 fully saturated rings. The Morgan fingerprint density at radius 3 is 2.87 bits per heavy atom. The third-order valence-corrected chi connectivity index (χ3v) is 3.29. The van der Waals surface area contributed by atoms with Crippen molar-refractivity contribution in [1.82, 2.24) is 4.90 Å². The summed E-state index contributed by atoms with van der Waals surface area (Å²) in [6.45, 7) is 7.70. The molecular weight excluding hydrogens is 184 g/mol. The Labute approximate surface area is 92.1 Å². The zero-order chi connectivity index (χ0) is 10.8. The van der Waals surface area contributed by atoms with Gasteiger partial charge < -0.3 is 5.73 Å². The van der Waals surface area contributed by atoms with E-state index in [0.29, 0.717) is 0 Å². The third kappa shape index (κ3) is 2.21. The molecule has 15 heavy (non-hydrogen) atoms. The van der Waals surface area contributed by atoms with Crippen LogP contribution in [0.5, 0.6) is 0 Å². The minimum Gasteiger partial charge on any atom is -0.324 e. The number of benzene rings is 1. The molecule has 2 heteroatoms. The molecule has 1 aromatic rings. The van der Waals surface area contributed by atoms with Gasteiger partial charge in [0.1, 0.15) is 0 Å². The van der Waals surface area contributed by atoms with Crippen LogP contribution in [0.2, 0.25) is 0 Å². The molecule has 0 bridgehead atoms. The first-order valence-corrected chi connectivity index (χ1v) is 5.80. The first kappa shape index (κ1) is 10.7. The highest BCUT2D eigenvalue weighted by Crippen LogP contribution is 2.22. The van der Waals surface area contributed by atoms with Crippen molar-refractivity contribution in [3.8, 4) is 0 Å². The molecule has 0 amide bonds. The van der Waals surface area contributed by atoms with E-state index in [9.17, 15) is 0 Å². The van der Waals surface area contributed by atoms with Gasteiger partial charge in [0.25, 0.3) is 0 Å². The van der Waals surface area contributed by atoms with Crippen molar-refractivity contribution >= 4 is 0 Å². The lowest BCUT2D eigenvalue weighted by atomic mass is 9.95. The van der Waals surface area contributed by atoms with E-state index in [1.807, 2.05) is 6.92 Å². The molecule has 2 N–H and O–H groups in total. The van der Waals surface area contributed by atoms with Crippen LogP contribution < -0.4 is 5.73 Å². The number of nitrogens with two attached hydrogens (primary N) is 1. The Kier molecular flexibility index (Phi) is 3.08. The fraction of sp³-hybridized carbons (Fsp3) is 0.538. The smallest absolute Gasteiger partial charge is 0.0266 e. The van der Waals surface area contributed by atoms with E-state index in [4.69, 9.17) is 5.73 Å². The molecular formula is C13H20N2. The van der Waals surface area contributed by atoms with Crippen molar-refractivity contribution in [2.24, 2.45) is 5.73 Å². The van der Waals surface area contributed by atoms with Crippen LogP contribution in [0.3, 0.4) is 0 Å². The Hall–Kier alpha value is -0.860. The Morgan fingerprint density at radius 1 is 1.40 bits per heavy atom. The van der Waals surface area contributed by atoms with E-state index in [1.165, 1.54) is 29.7 Å². The Bertz CT molecular complexity index is 344. The van der Waals surface area contributed by atoms with Gasteiger partial charge in [0.15, 0.2) is 0 Å². The Balaban J connectivity index is 2.24. The van der Waals surface area contributed by atoms with Crippen LogP contribution in [0.1, 0.15) is 36.6 Å². The van der Waals surface area contributed by atoms with Gasteiger partial charge in [0.05, 0.1) is 0 Å². The molecule has 0 saturated heterocycles. The molecule has 1 unspecified atom stereocenters. The van der Waals surface area contributed by atoms with Gasteiger partial charge in [-0.15, -0.1) is 0 Å². The first-order chi connectivity index (χ1) is 7.20. The average Bonchev–Trinajstić information content (AvgIpc) is 2.27. The number of hydrogen-bond donors (Lipinski definition) is 1. The zero-order valence-corrected chi connectivity index (χ0v) is 9.66. The fourth-order valence-electron chi connectivity index (χ4n) is 2.18. The molecule has 0 aromatic heterocycles. The average molecular weight is 204 g/mol. The minimum absolute atomic E-state index is 0.152. The molecule has 2 rings (SSSR count). The monoisotopic (exact) mass is 204 g/mol. The lowest BCUT2D eigenvalue weighted by Gasteiger charge is -2.28. The standard InChI is InChI=1S/C13H20N2/c1-3-15-7-6-12-8-11(10(2)14)4-5-13(12)9-15/h4-5,8,10H,3,6-7,9,14H2,1-2H3. The van der Waals surface area contributed by atoms with Crippen LogP contribution in [0.4, 0.5) is 0 Å². The topological polar surface area (TPSA) is 29.3 Å². The van der Waals surface area contributed by atoms with Gasteiger partial charge in [-0.05, 0) is 36.6 Å². The molecule has 0 saturated carbocycles. The van der Waals surface area contributed by atoms with Crippen molar-refractivity contribution in [2.75, 3.05) is 13.1 Å². The molecule has 82 valence electrons. The van der Waals surface area contributed by atoms with E-state index in [-0.39, 0.29) is 6.04 Å². The van der Waals surface area contributed by atoms with Gasteiger partial charge in [-0.2, -0.15) is 0 Å². The van der Waals surface area contributed by atoms with Crippen molar-refractivity contribution < 1.29 is 0 Å². The second-order valence-electron chi connectivity index (χ2n) is 4.44. The van der Waals surface area contributed by atoms with Crippen molar-refractivity contribution in [2.45, 2.75) is 32.9 Å². The largest absolute Gasteiger partial charge is 0.324 e. The summed E-state index contributed by atoms with van der Waals surface area (Å²) in [6.07, 6.45) is 1.17.